The monoisotopic (exact) mass is 664 g/mol. The zero-order valence-corrected chi connectivity index (χ0v) is 29.2. The van der Waals surface area contributed by atoms with E-state index in [-0.39, 0.29) is 31.9 Å². The van der Waals surface area contributed by atoms with Gasteiger partial charge in [0.15, 0.2) is 6.10 Å². The third-order valence-corrected chi connectivity index (χ3v) is 7.06. The van der Waals surface area contributed by atoms with E-state index in [1.807, 2.05) is 33.8 Å². The molecular weight excluding hydrogens is 610 g/mol. The van der Waals surface area contributed by atoms with Crippen LogP contribution in [0.3, 0.4) is 0 Å². The Morgan fingerprint density at radius 2 is 1.62 bits per heavy atom. The fourth-order valence-corrected chi connectivity index (χ4v) is 4.79. The van der Waals surface area contributed by atoms with Crippen LogP contribution in [0.15, 0.2) is 30.4 Å². The minimum atomic E-state index is -1.21. The van der Waals surface area contributed by atoms with Crippen molar-refractivity contribution in [1.29, 1.82) is 0 Å². The SMILES string of the molecule is CC.CC.CC(=O)OCc1ccc(CCCN(CCC[N+](C)(C)C)C(=O)CN2C(=O)C=CC2=O)cc1OC1CC(O)CC(C(=O)O)O1. The number of carboxylic acids is 1. The predicted octanol–water partition coefficient (Wildman–Crippen LogP) is 2.91. The molecule has 1 aromatic carbocycles. The molecule has 3 amide bonds. The number of ether oxygens (including phenoxy) is 3. The first-order valence-corrected chi connectivity index (χ1v) is 16.3. The number of esters is 1. The zero-order valence-electron chi connectivity index (χ0n) is 29.2. The van der Waals surface area contributed by atoms with Gasteiger partial charge in [0.2, 0.25) is 12.2 Å². The topological polar surface area (TPSA) is 160 Å². The Labute approximate surface area is 278 Å². The molecule has 3 atom stereocenters. The van der Waals surface area contributed by atoms with Gasteiger partial charge in [-0.15, -0.1) is 0 Å². The van der Waals surface area contributed by atoms with Gasteiger partial charge in [0.1, 0.15) is 18.9 Å². The molecule has 2 aliphatic rings. The smallest absolute Gasteiger partial charge is 0.333 e. The van der Waals surface area contributed by atoms with E-state index < -0.39 is 42.3 Å². The van der Waals surface area contributed by atoms with E-state index in [2.05, 4.69) is 21.1 Å². The molecule has 13 heteroatoms. The molecule has 47 heavy (non-hydrogen) atoms. The maximum Gasteiger partial charge on any atom is 0.333 e. The highest BCUT2D eigenvalue weighted by Crippen LogP contribution is 2.28. The molecule has 0 saturated carbocycles. The maximum atomic E-state index is 13.1. The number of carbonyl (C=O) groups is 5. The van der Waals surface area contributed by atoms with Crippen LogP contribution in [0, 0.1) is 0 Å². The number of imide groups is 1. The molecule has 0 radical (unpaired) electrons. The zero-order chi connectivity index (χ0) is 35.7. The fraction of sp³-hybridized carbons (Fsp3) is 0.618. The van der Waals surface area contributed by atoms with Crippen molar-refractivity contribution in [2.24, 2.45) is 0 Å². The van der Waals surface area contributed by atoms with Gasteiger partial charge in [-0.2, -0.15) is 0 Å². The van der Waals surface area contributed by atoms with Gasteiger partial charge in [-0.05, 0) is 24.5 Å². The van der Waals surface area contributed by atoms with Crippen LogP contribution in [-0.4, -0.2) is 120 Å². The summed E-state index contributed by atoms with van der Waals surface area (Å²) in [6.45, 7) is 10.6. The van der Waals surface area contributed by atoms with Gasteiger partial charge >= 0.3 is 11.9 Å². The molecule has 3 unspecified atom stereocenters. The molecule has 0 aromatic heterocycles. The standard InChI is InChI=1S/C30H41N3O10.2C2H6/c1-20(34)41-19-22-9-8-21(15-24(22)42-29-17-23(35)16-25(43-29)30(39)40)7-5-12-31(13-6-14-33(2,3)4)28(38)18-32-26(36)10-11-27(32)37;2*1-2/h8-11,15,23,25,29,35H,5-7,12-14,16-19H2,1-4H3;2*1-2H3/p+1. The minimum absolute atomic E-state index is 0.0455. The van der Waals surface area contributed by atoms with Crippen LogP contribution in [-0.2, 0) is 46.5 Å². The summed E-state index contributed by atoms with van der Waals surface area (Å²) in [6, 6.07) is 5.33. The second kappa shape index (κ2) is 20.4. The molecule has 3 rings (SSSR count). The first-order valence-electron chi connectivity index (χ1n) is 16.3. The number of aliphatic hydroxyl groups is 1. The summed E-state index contributed by atoms with van der Waals surface area (Å²) >= 11 is 0. The fourth-order valence-electron chi connectivity index (χ4n) is 4.79. The molecule has 2 heterocycles. The largest absolute Gasteiger partial charge is 0.479 e. The van der Waals surface area contributed by atoms with Gasteiger partial charge in [0.05, 0.1) is 33.8 Å². The Morgan fingerprint density at radius 1 is 1.00 bits per heavy atom. The molecule has 1 fully saturated rings. The number of hydrogen-bond acceptors (Lipinski definition) is 9. The summed E-state index contributed by atoms with van der Waals surface area (Å²) < 4.78 is 17.4. The molecule has 1 saturated heterocycles. The molecule has 0 aliphatic carbocycles. The minimum Gasteiger partial charge on any atom is -0.479 e. The number of amides is 3. The number of carbonyl (C=O) groups excluding carboxylic acids is 4. The van der Waals surface area contributed by atoms with E-state index in [4.69, 9.17) is 14.2 Å². The van der Waals surface area contributed by atoms with Crippen molar-refractivity contribution >= 4 is 29.7 Å². The third kappa shape index (κ3) is 14.7. The van der Waals surface area contributed by atoms with Gasteiger partial charge in [-0.25, -0.2) is 4.79 Å². The molecule has 264 valence electrons. The Kier molecular flexibility index (Phi) is 17.9. The summed E-state index contributed by atoms with van der Waals surface area (Å²) in [4.78, 5) is 62.6. The number of benzene rings is 1. The number of nitrogens with zero attached hydrogens (tertiary/aromatic N) is 3. The average Bonchev–Trinajstić information content (AvgIpc) is 3.33. The van der Waals surface area contributed by atoms with Gasteiger partial charge < -0.3 is 33.8 Å². The summed E-state index contributed by atoms with van der Waals surface area (Å²) in [5.41, 5.74) is 1.39. The highest BCUT2D eigenvalue weighted by molar-refractivity contribution is 6.14. The highest BCUT2D eigenvalue weighted by atomic mass is 16.7. The van der Waals surface area contributed by atoms with Gasteiger partial charge in [-0.3, -0.25) is 24.1 Å². The van der Waals surface area contributed by atoms with Crippen molar-refractivity contribution < 1.29 is 52.9 Å². The Hall–Kier alpha value is -3.81. The summed E-state index contributed by atoms with van der Waals surface area (Å²) in [6.07, 6.45) is 1.04. The highest BCUT2D eigenvalue weighted by Gasteiger charge is 2.34. The van der Waals surface area contributed by atoms with Crippen molar-refractivity contribution in [2.75, 3.05) is 47.3 Å². The lowest BCUT2D eigenvalue weighted by molar-refractivity contribution is -0.870. The van der Waals surface area contributed by atoms with Crippen LogP contribution < -0.4 is 4.74 Å². The second-order valence-electron chi connectivity index (χ2n) is 11.8. The lowest BCUT2D eigenvalue weighted by Crippen LogP contribution is -2.44. The van der Waals surface area contributed by atoms with Crippen molar-refractivity contribution in [3.8, 4) is 5.75 Å². The van der Waals surface area contributed by atoms with E-state index in [9.17, 15) is 34.2 Å². The van der Waals surface area contributed by atoms with Crippen LogP contribution in [0.5, 0.6) is 5.75 Å². The molecular formula is C34H54N3O10+. The van der Waals surface area contributed by atoms with Crippen molar-refractivity contribution in [1.82, 2.24) is 9.80 Å². The van der Waals surface area contributed by atoms with Gasteiger partial charge in [0, 0.05) is 57.0 Å². The molecule has 2 aliphatic heterocycles. The van der Waals surface area contributed by atoms with Gasteiger partial charge in [0.25, 0.3) is 11.8 Å². The average molecular weight is 665 g/mol. The quantitative estimate of drug-likeness (QED) is 0.162. The molecule has 13 nitrogen and oxygen atoms in total. The van der Waals surface area contributed by atoms with E-state index in [0.717, 1.165) is 40.1 Å². The van der Waals surface area contributed by atoms with Crippen LogP contribution >= 0.6 is 0 Å². The first-order chi connectivity index (χ1) is 22.2. The van der Waals surface area contributed by atoms with Crippen LogP contribution in [0.4, 0.5) is 0 Å². The Balaban J connectivity index is 0.00000265. The lowest BCUT2D eigenvalue weighted by atomic mass is 10.0. The number of aryl methyl sites for hydroxylation is 1. The summed E-state index contributed by atoms with van der Waals surface area (Å²) in [5.74, 6) is -2.67. The second-order valence-corrected chi connectivity index (χ2v) is 11.8. The number of quaternary nitrogens is 1. The third-order valence-electron chi connectivity index (χ3n) is 7.06. The summed E-state index contributed by atoms with van der Waals surface area (Å²) in [7, 11) is 6.18. The van der Waals surface area contributed by atoms with E-state index >= 15 is 0 Å². The number of aliphatic hydroxyl groups excluding tert-OH is 1. The Bertz CT molecular complexity index is 1210. The van der Waals surface area contributed by atoms with E-state index in [1.165, 1.54) is 6.92 Å². The van der Waals surface area contributed by atoms with Crippen molar-refractivity contribution in [2.45, 2.75) is 91.8 Å². The van der Waals surface area contributed by atoms with Crippen LogP contribution in [0.1, 0.15) is 71.4 Å². The first kappa shape index (κ1) is 41.2. The molecule has 0 spiro atoms. The number of aliphatic carboxylic acids is 1. The van der Waals surface area contributed by atoms with Crippen LogP contribution in [0.2, 0.25) is 0 Å². The Morgan fingerprint density at radius 3 is 2.19 bits per heavy atom. The van der Waals surface area contributed by atoms with Gasteiger partial charge in [-0.1, -0.05) is 39.8 Å². The molecule has 0 bridgehead atoms. The summed E-state index contributed by atoms with van der Waals surface area (Å²) in [5, 5.41) is 19.5. The van der Waals surface area contributed by atoms with Crippen molar-refractivity contribution in [3.63, 3.8) is 0 Å². The normalized spacial score (nSPS) is 18.8. The number of rotatable bonds is 15. The molecule has 1 aromatic rings. The predicted molar refractivity (Wildman–Crippen MR) is 175 cm³/mol. The molecule has 2 N–H and O–H groups in total. The lowest BCUT2D eigenvalue weighted by Gasteiger charge is -2.31. The van der Waals surface area contributed by atoms with E-state index in [1.54, 1.807) is 17.0 Å². The number of hydrogen-bond donors (Lipinski definition) is 2. The number of carboxylic acid groups (broad SMARTS) is 1. The van der Waals surface area contributed by atoms with Crippen molar-refractivity contribution in [3.05, 3.63) is 41.5 Å². The van der Waals surface area contributed by atoms with Crippen LogP contribution in [0.25, 0.3) is 0 Å². The maximum absolute atomic E-state index is 13.1. The van der Waals surface area contributed by atoms with E-state index in [0.29, 0.717) is 37.2 Å².